The lowest BCUT2D eigenvalue weighted by Gasteiger charge is -2.30. The molecule has 1 aliphatic rings. The van der Waals surface area contributed by atoms with Crippen LogP contribution in [0.2, 0.25) is 0 Å². The Hall–Kier alpha value is -0.870. The van der Waals surface area contributed by atoms with E-state index in [1.54, 1.807) is 6.20 Å². The van der Waals surface area contributed by atoms with E-state index in [1.165, 1.54) is 0 Å². The van der Waals surface area contributed by atoms with Crippen LogP contribution < -0.4 is 5.32 Å². The number of hydrogen-bond acceptors (Lipinski definition) is 3. The molecule has 72 valence electrons. The molecule has 1 atom stereocenters. The van der Waals surface area contributed by atoms with E-state index in [-0.39, 0.29) is 6.10 Å². The molecular weight excluding hydrogens is 166 g/mol. The Morgan fingerprint density at radius 3 is 3.00 bits per heavy atom. The van der Waals surface area contributed by atoms with Gasteiger partial charge in [0.1, 0.15) is 0 Å². The maximum atomic E-state index is 9.86. The minimum absolute atomic E-state index is 0.346. The summed E-state index contributed by atoms with van der Waals surface area (Å²) in [5, 5.41) is 17.1. The fraction of sp³-hybridized carbons (Fsp3) is 0.667. The third-order valence-corrected chi connectivity index (χ3v) is 2.58. The average Bonchev–Trinajstić information content (AvgIpc) is 2.48. The van der Waals surface area contributed by atoms with Crippen molar-refractivity contribution in [2.45, 2.75) is 19.6 Å². The van der Waals surface area contributed by atoms with Crippen LogP contribution in [0, 0.1) is 5.92 Å². The molecule has 2 N–H and O–H groups in total. The van der Waals surface area contributed by atoms with Gasteiger partial charge in [-0.15, -0.1) is 0 Å². The van der Waals surface area contributed by atoms with Gasteiger partial charge >= 0.3 is 0 Å². The summed E-state index contributed by atoms with van der Waals surface area (Å²) in [7, 11) is 0. The molecule has 1 fully saturated rings. The minimum atomic E-state index is -0.346. The van der Waals surface area contributed by atoms with E-state index in [0.29, 0.717) is 5.92 Å². The molecule has 4 heteroatoms. The fourth-order valence-electron chi connectivity index (χ4n) is 1.51. The third-order valence-electron chi connectivity index (χ3n) is 2.58. The number of nitrogens with zero attached hydrogens (tertiary/aromatic N) is 2. The van der Waals surface area contributed by atoms with E-state index in [1.807, 2.05) is 17.8 Å². The summed E-state index contributed by atoms with van der Waals surface area (Å²) in [6.07, 6.45) is 3.33. The van der Waals surface area contributed by atoms with Crippen LogP contribution in [-0.2, 0) is 6.54 Å². The predicted octanol–water partition coefficient (Wildman–Crippen LogP) is 0.156. The molecule has 0 amide bonds. The Kier molecular flexibility index (Phi) is 2.33. The summed E-state index contributed by atoms with van der Waals surface area (Å²) in [4.78, 5) is 0. The zero-order chi connectivity index (χ0) is 9.26. The highest BCUT2D eigenvalue weighted by molar-refractivity contribution is 5.10. The van der Waals surface area contributed by atoms with Crippen molar-refractivity contribution in [3.63, 3.8) is 0 Å². The Morgan fingerprint density at radius 1 is 1.77 bits per heavy atom. The van der Waals surface area contributed by atoms with Gasteiger partial charge in [-0.3, -0.25) is 4.68 Å². The Bertz CT molecular complexity index is 280. The molecule has 0 spiro atoms. The van der Waals surface area contributed by atoms with Crippen molar-refractivity contribution >= 4 is 0 Å². The number of aliphatic hydroxyl groups is 1. The van der Waals surface area contributed by atoms with E-state index in [0.717, 1.165) is 25.2 Å². The van der Waals surface area contributed by atoms with Crippen LogP contribution in [-0.4, -0.2) is 28.0 Å². The summed E-state index contributed by atoms with van der Waals surface area (Å²) < 4.78 is 1.84. The summed E-state index contributed by atoms with van der Waals surface area (Å²) in [6, 6.07) is 0. The average molecular weight is 181 g/mol. The molecule has 4 nitrogen and oxygen atoms in total. The number of nitrogens with one attached hydrogen (secondary N) is 1. The molecule has 1 aliphatic heterocycles. The summed E-state index contributed by atoms with van der Waals surface area (Å²) in [5.74, 6) is 0.370. The highest BCUT2D eigenvalue weighted by Gasteiger charge is 2.27. The molecule has 0 saturated carbocycles. The van der Waals surface area contributed by atoms with Gasteiger partial charge in [-0.2, -0.15) is 5.10 Å². The molecule has 0 aliphatic carbocycles. The lowest BCUT2D eigenvalue weighted by atomic mass is 9.93. The van der Waals surface area contributed by atoms with Crippen LogP contribution >= 0.6 is 0 Å². The third kappa shape index (κ3) is 1.59. The molecule has 0 bridgehead atoms. The van der Waals surface area contributed by atoms with Crippen molar-refractivity contribution < 1.29 is 5.11 Å². The van der Waals surface area contributed by atoms with E-state index in [4.69, 9.17) is 0 Å². The molecule has 2 heterocycles. The van der Waals surface area contributed by atoms with Crippen LogP contribution in [0.4, 0.5) is 0 Å². The molecule has 1 saturated heterocycles. The molecule has 1 aromatic rings. The van der Waals surface area contributed by atoms with E-state index < -0.39 is 0 Å². The Labute approximate surface area is 77.6 Å². The zero-order valence-corrected chi connectivity index (χ0v) is 7.77. The highest BCUT2D eigenvalue weighted by atomic mass is 16.3. The smallest absolute Gasteiger partial charge is 0.0872 e. The topological polar surface area (TPSA) is 50.1 Å². The second kappa shape index (κ2) is 3.47. The van der Waals surface area contributed by atoms with Crippen molar-refractivity contribution in [2.75, 3.05) is 13.1 Å². The van der Waals surface area contributed by atoms with Crippen LogP contribution in [0.15, 0.2) is 12.4 Å². The predicted molar refractivity (Wildman–Crippen MR) is 49.2 cm³/mol. The molecule has 1 aromatic heterocycles. The molecule has 13 heavy (non-hydrogen) atoms. The first-order valence-corrected chi connectivity index (χ1v) is 4.72. The monoisotopic (exact) mass is 181 g/mol. The van der Waals surface area contributed by atoms with Crippen LogP contribution in [0.3, 0.4) is 0 Å². The quantitative estimate of drug-likeness (QED) is 0.698. The minimum Gasteiger partial charge on any atom is -0.388 e. The second-order valence-corrected chi connectivity index (χ2v) is 3.49. The van der Waals surface area contributed by atoms with Crippen molar-refractivity contribution in [2.24, 2.45) is 5.92 Å². The number of hydrogen-bond donors (Lipinski definition) is 2. The summed E-state index contributed by atoms with van der Waals surface area (Å²) in [5.41, 5.74) is 0.938. The lowest BCUT2D eigenvalue weighted by molar-refractivity contribution is 0.0766. The van der Waals surface area contributed by atoms with Crippen LogP contribution in [0.5, 0.6) is 0 Å². The first-order valence-electron chi connectivity index (χ1n) is 4.72. The zero-order valence-electron chi connectivity index (χ0n) is 7.77. The number of aromatic nitrogens is 2. The van der Waals surface area contributed by atoms with Crippen molar-refractivity contribution in [3.05, 3.63) is 18.0 Å². The summed E-state index contributed by atoms with van der Waals surface area (Å²) in [6.45, 7) is 4.72. The number of rotatable bonds is 3. The van der Waals surface area contributed by atoms with Gasteiger partial charge in [0.2, 0.25) is 0 Å². The Balaban J connectivity index is 2.05. The van der Waals surface area contributed by atoms with Gasteiger partial charge in [0.15, 0.2) is 0 Å². The number of aliphatic hydroxyl groups excluding tert-OH is 1. The normalized spacial score (nSPS) is 19.8. The van der Waals surface area contributed by atoms with E-state index in [9.17, 15) is 5.11 Å². The van der Waals surface area contributed by atoms with Crippen LogP contribution in [0.1, 0.15) is 18.6 Å². The molecule has 0 aromatic carbocycles. The maximum Gasteiger partial charge on any atom is 0.0872 e. The molecular formula is C9H15N3O. The van der Waals surface area contributed by atoms with Crippen LogP contribution in [0.25, 0.3) is 0 Å². The van der Waals surface area contributed by atoms with Gasteiger partial charge in [-0.1, -0.05) is 0 Å². The van der Waals surface area contributed by atoms with Gasteiger partial charge in [0, 0.05) is 37.3 Å². The highest BCUT2D eigenvalue weighted by Crippen LogP contribution is 2.24. The first kappa shape index (κ1) is 8.72. The summed E-state index contributed by atoms with van der Waals surface area (Å²) >= 11 is 0. The lowest BCUT2D eigenvalue weighted by Crippen LogP contribution is -2.45. The molecule has 2 rings (SSSR count). The molecule has 0 radical (unpaired) electrons. The van der Waals surface area contributed by atoms with Gasteiger partial charge in [-0.05, 0) is 6.92 Å². The van der Waals surface area contributed by atoms with Gasteiger partial charge < -0.3 is 10.4 Å². The van der Waals surface area contributed by atoms with Gasteiger partial charge in [0.05, 0.1) is 12.3 Å². The first-order chi connectivity index (χ1) is 6.31. The second-order valence-electron chi connectivity index (χ2n) is 3.49. The fourth-order valence-corrected chi connectivity index (χ4v) is 1.51. The maximum absolute atomic E-state index is 9.86. The van der Waals surface area contributed by atoms with E-state index >= 15 is 0 Å². The molecule has 1 unspecified atom stereocenters. The van der Waals surface area contributed by atoms with Gasteiger partial charge in [-0.25, -0.2) is 0 Å². The largest absolute Gasteiger partial charge is 0.388 e. The van der Waals surface area contributed by atoms with Crippen molar-refractivity contribution in [1.82, 2.24) is 15.1 Å². The standard InChI is InChI=1S/C9H15N3O/c1-2-12-6-8(5-11-12)9(13)7-3-10-4-7/h5-7,9-10,13H,2-4H2,1H3. The Morgan fingerprint density at radius 2 is 2.54 bits per heavy atom. The van der Waals surface area contributed by atoms with Gasteiger partial charge in [0.25, 0.3) is 0 Å². The number of aryl methyl sites for hydroxylation is 1. The SMILES string of the molecule is CCn1cc(C(O)C2CNC2)cn1. The van der Waals surface area contributed by atoms with E-state index in [2.05, 4.69) is 10.4 Å². The van der Waals surface area contributed by atoms with Crippen molar-refractivity contribution in [3.8, 4) is 0 Å². The van der Waals surface area contributed by atoms with Crippen molar-refractivity contribution in [1.29, 1.82) is 0 Å².